The van der Waals surface area contributed by atoms with E-state index in [9.17, 15) is 26.3 Å². The predicted molar refractivity (Wildman–Crippen MR) is 48.2 cm³/mol. The van der Waals surface area contributed by atoms with Crippen LogP contribution < -0.4 is 16.2 Å². The van der Waals surface area contributed by atoms with Crippen molar-refractivity contribution < 1.29 is 31.1 Å². The number of aromatic nitrogens is 1. The van der Waals surface area contributed by atoms with E-state index in [0.29, 0.717) is 6.20 Å². The van der Waals surface area contributed by atoms with Crippen LogP contribution in [0.4, 0.5) is 32.0 Å². The molecular weight excluding hydrogens is 268 g/mol. The SMILES string of the molecule is NCc1ncc(C(F)(F)F)c(N)c1OC(F)(F)F. The van der Waals surface area contributed by atoms with Crippen molar-refractivity contribution in [2.75, 3.05) is 5.73 Å². The fourth-order valence-corrected chi connectivity index (χ4v) is 1.15. The molecule has 0 bridgehead atoms. The lowest BCUT2D eigenvalue weighted by Crippen LogP contribution is -2.22. The summed E-state index contributed by atoms with van der Waals surface area (Å²) in [5.41, 5.74) is 6.83. The molecule has 10 heteroatoms. The van der Waals surface area contributed by atoms with Crippen molar-refractivity contribution in [2.24, 2.45) is 5.73 Å². The smallest absolute Gasteiger partial charge is 0.402 e. The van der Waals surface area contributed by atoms with Gasteiger partial charge in [-0.25, -0.2) is 0 Å². The van der Waals surface area contributed by atoms with E-state index in [1.807, 2.05) is 0 Å². The maximum Gasteiger partial charge on any atom is 0.573 e. The van der Waals surface area contributed by atoms with Crippen LogP contribution in [0.5, 0.6) is 5.75 Å². The van der Waals surface area contributed by atoms with Gasteiger partial charge in [-0.2, -0.15) is 13.2 Å². The summed E-state index contributed by atoms with van der Waals surface area (Å²) >= 11 is 0. The molecule has 0 aliphatic carbocycles. The zero-order valence-electron chi connectivity index (χ0n) is 8.56. The first-order chi connectivity index (χ1) is 8.06. The van der Waals surface area contributed by atoms with E-state index >= 15 is 0 Å². The number of rotatable bonds is 2. The lowest BCUT2D eigenvalue weighted by molar-refractivity contribution is -0.274. The van der Waals surface area contributed by atoms with Gasteiger partial charge < -0.3 is 16.2 Å². The molecule has 0 fully saturated rings. The fraction of sp³-hybridized carbons (Fsp3) is 0.375. The molecule has 0 spiro atoms. The van der Waals surface area contributed by atoms with Crippen molar-refractivity contribution >= 4 is 5.69 Å². The minimum atomic E-state index is -5.19. The minimum Gasteiger partial charge on any atom is -0.402 e. The van der Waals surface area contributed by atoms with Crippen molar-refractivity contribution in [2.45, 2.75) is 19.1 Å². The summed E-state index contributed by atoms with van der Waals surface area (Å²) in [6, 6.07) is 0. The number of hydrogen-bond donors (Lipinski definition) is 2. The number of anilines is 1. The van der Waals surface area contributed by atoms with Gasteiger partial charge in [-0.15, -0.1) is 13.2 Å². The molecule has 102 valence electrons. The average Bonchev–Trinajstić information content (AvgIpc) is 2.17. The standard InChI is InChI=1S/C8H7F6N3O/c9-7(10,11)3-2-17-4(1-15)6(5(3)16)18-8(12,13)14/h2H,1,15H2,(H2,16,17). The first kappa shape index (κ1) is 14.4. The second-order valence-electron chi connectivity index (χ2n) is 3.11. The third-order valence-corrected chi connectivity index (χ3v) is 1.86. The molecule has 1 aromatic rings. The number of ether oxygens (including phenoxy) is 1. The Kier molecular flexibility index (Phi) is 3.60. The number of halogens is 6. The molecule has 0 unspecified atom stereocenters. The topological polar surface area (TPSA) is 74.2 Å². The Balaban J connectivity index is 3.37. The van der Waals surface area contributed by atoms with Gasteiger partial charge in [0.25, 0.3) is 0 Å². The Hall–Kier alpha value is -1.71. The quantitative estimate of drug-likeness (QED) is 0.810. The first-order valence-corrected chi connectivity index (χ1v) is 4.36. The van der Waals surface area contributed by atoms with Crippen LogP contribution in [-0.4, -0.2) is 11.3 Å². The van der Waals surface area contributed by atoms with Crippen LogP contribution in [-0.2, 0) is 12.7 Å². The molecule has 4 nitrogen and oxygen atoms in total. The predicted octanol–water partition coefficient (Wildman–Crippen LogP) is 2.04. The first-order valence-electron chi connectivity index (χ1n) is 4.36. The molecule has 4 N–H and O–H groups in total. The summed E-state index contributed by atoms with van der Waals surface area (Å²) < 4.78 is 76.8. The van der Waals surface area contributed by atoms with E-state index in [1.54, 1.807) is 0 Å². The average molecular weight is 275 g/mol. The molecule has 1 heterocycles. The monoisotopic (exact) mass is 275 g/mol. The maximum atomic E-state index is 12.4. The highest BCUT2D eigenvalue weighted by Crippen LogP contribution is 2.40. The van der Waals surface area contributed by atoms with Crippen LogP contribution in [0.3, 0.4) is 0 Å². The van der Waals surface area contributed by atoms with E-state index < -0.39 is 41.8 Å². The van der Waals surface area contributed by atoms with Gasteiger partial charge in [-0.3, -0.25) is 4.98 Å². The van der Waals surface area contributed by atoms with Crippen LogP contribution in [0.2, 0.25) is 0 Å². The third-order valence-electron chi connectivity index (χ3n) is 1.86. The van der Waals surface area contributed by atoms with Crippen molar-refractivity contribution in [1.29, 1.82) is 0 Å². The van der Waals surface area contributed by atoms with Crippen LogP contribution >= 0.6 is 0 Å². The van der Waals surface area contributed by atoms with Crippen LogP contribution in [0.15, 0.2) is 6.20 Å². The van der Waals surface area contributed by atoms with Gasteiger partial charge in [0, 0.05) is 12.7 Å². The van der Waals surface area contributed by atoms with Gasteiger partial charge in [0.15, 0.2) is 5.75 Å². The summed E-state index contributed by atoms with van der Waals surface area (Å²) in [5, 5.41) is 0. The summed E-state index contributed by atoms with van der Waals surface area (Å²) in [4.78, 5) is 3.16. The molecule has 18 heavy (non-hydrogen) atoms. The van der Waals surface area contributed by atoms with Gasteiger partial charge >= 0.3 is 12.5 Å². The summed E-state index contributed by atoms with van der Waals surface area (Å²) in [6.07, 6.45) is -9.82. The van der Waals surface area contributed by atoms with Crippen molar-refractivity contribution in [3.8, 4) is 5.75 Å². The molecule has 0 atom stereocenters. The second kappa shape index (κ2) is 4.52. The Morgan fingerprint density at radius 1 is 1.17 bits per heavy atom. The van der Waals surface area contributed by atoms with Gasteiger partial charge in [0.2, 0.25) is 0 Å². The number of nitrogen functional groups attached to an aromatic ring is 1. The second-order valence-corrected chi connectivity index (χ2v) is 3.11. The molecule has 0 aliphatic rings. The van der Waals surface area contributed by atoms with E-state index in [0.717, 1.165) is 0 Å². The number of nitrogens with two attached hydrogens (primary N) is 2. The molecule has 1 aromatic heterocycles. The Bertz CT molecular complexity index is 442. The van der Waals surface area contributed by atoms with E-state index in [-0.39, 0.29) is 0 Å². The Labute approximate surface area is 96.5 Å². The van der Waals surface area contributed by atoms with Crippen molar-refractivity contribution in [3.63, 3.8) is 0 Å². The van der Waals surface area contributed by atoms with E-state index in [1.165, 1.54) is 0 Å². The third kappa shape index (κ3) is 3.15. The van der Waals surface area contributed by atoms with Crippen molar-refractivity contribution in [3.05, 3.63) is 17.5 Å². The fourth-order valence-electron chi connectivity index (χ4n) is 1.15. The highest BCUT2D eigenvalue weighted by molar-refractivity contribution is 5.60. The summed E-state index contributed by atoms with van der Waals surface area (Å²) in [6.45, 7) is -0.548. The molecular formula is C8H7F6N3O. The Morgan fingerprint density at radius 3 is 2.11 bits per heavy atom. The van der Waals surface area contributed by atoms with E-state index in [2.05, 4.69) is 9.72 Å². The number of alkyl halides is 6. The Morgan fingerprint density at radius 2 is 1.72 bits per heavy atom. The van der Waals surface area contributed by atoms with Crippen molar-refractivity contribution in [1.82, 2.24) is 4.98 Å². The zero-order chi connectivity index (χ0) is 14.1. The molecule has 0 amide bonds. The summed E-state index contributed by atoms with van der Waals surface area (Å²) in [5.74, 6) is -1.22. The van der Waals surface area contributed by atoms with E-state index in [4.69, 9.17) is 11.5 Å². The van der Waals surface area contributed by atoms with Crippen LogP contribution in [0.1, 0.15) is 11.3 Å². The lowest BCUT2D eigenvalue weighted by atomic mass is 10.2. The number of pyridine rings is 1. The zero-order valence-corrected chi connectivity index (χ0v) is 8.56. The van der Waals surface area contributed by atoms with Crippen LogP contribution in [0, 0.1) is 0 Å². The van der Waals surface area contributed by atoms with Gasteiger partial charge in [0.1, 0.15) is 5.56 Å². The maximum absolute atomic E-state index is 12.4. The molecule has 0 saturated heterocycles. The molecule has 1 rings (SSSR count). The lowest BCUT2D eigenvalue weighted by Gasteiger charge is -2.17. The number of hydrogen-bond acceptors (Lipinski definition) is 4. The largest absolute Gasteiger partial charge is 0.573 e. The molecule has 0 radical (unpaired) electrons. The molecule has 0 saturated carbocycles. The molecule has 0 aromatic carbocycles. The minimum absolute atomic E-state index is 0.306. The normalized spacial score (nSPS) is 12.6. The number of nitrogens with zero attached hydrogens (tertiary/aromatic N) is 1. The van der Waals surface area contributed by atoms with Gasteiger partial charge in [-0.05, 0) is 0 Å². The highest BCUT2D eigenvalue weighted by Gasteiger charge is 2.39. The summed E-state index contributed by atoms with van der Waals surface area (Å²) in [7, 11) is 0. The van der Waals surface area contributed by atoms with Gasteiger partial charge in [0.05, 0.1) is 11.4 Å². The van der Waals surface area contributed by atoms with Gasteiger partial charge in [-0.1, -0.05) is 0 Å². The highest BCUT2D eigenvalue weighted by atomic mass is 19.4. The molecule has 0 aliphatic heterocycles. The van der Waals surface area contributed by atoms with Crippen LogP contribution in [0.25, 0.3) is 0 Å².